The van der Waals surface area contributed by atoms with Crippen molar-refractivity contribution in [3.63, 3.8) is 0 Å². The Kier molecular flexibility index (Phi) is 7.37. The minimum absolute atomic E-state index is 0.314. The van der Waals surface area contributed by atoms with E-state index >= 15 is 0 Å². The highest BCUT2D eigenvalue weighted by Gasteiger charge is 2.19. The third-order valence-electron chi connectivity index (χ3n) is 4.99. The first kappa shape index (κ1) is 22.6. The highest BCUT2D eigenvalue weighted by Crippen LogP contribution is 2.33. The van der Waals surface area contributed by atoms with Gasteiger partial charge in [-0.3, -0.25) is 4.79 Å². The third-order valence-corrected chi connectivity index (χ3v) is 5.80. The normalized spacial score (nSPS) is 11.9. The Morgan fingerprint density at radius 2 is 1.73 bits per heavy atom. The molecule has 0 bridgehead atoms. The van der Waals surface area contributed by atoms with Gasteiger partial charge in [0.2, 0.25) is 0 Å². The number of carbonyl (C=O) groups is 1. The van der Waals surface area contributed by atoms with E-state index in [1.165, 1.54) is 0 Å². The van der Waals surface area contributed by atoms with Crippen molar-refractivity contribution in [3.8, 4) is 17.2 Å². The number of para-hydroxylation sites is 1. The molecule has 0 fully saturated rings. The number of amides is 1. The van der Waals surface area contributed by atoms with E-state index in [2.05, 4.69) is 26.5 Å². The Bertz CT molecular complexity index is 1270. The zero-order chi connectivity index (χ0) is 23.0. The summed E-state index contributed by atoms with van der Waals surface area (Å²) in [6.07, 6.45) is 1.41. The van der Waals surface area contributed by atoms with E-state index in [4.69, 9.17) is 9.47 Å². The van der Waals surface area contributed by atoms with Crippen molar-refractivity contribution in [3.05, 3.63) is 101 Å². The summed E-state index contributed by atoms with van der Waals surface area (Å²) in [5.74, 6) is 1.74. The standard InChI is InChI=1S/C27H23BrN2O3/c1-2-24(33-25-16-15-20-10-6-7-14-23(20)26(25)28)27(31)30-29-18-19-9-8-13-22(17-19)32-21-11-4-3-5-12-21/h3-18,24H,2H2,1H3,(H,30,31)/t24-/m0/s1. The van der Waals surface area contributed by atoms with Gasteiger partial charge in [-0.25, -0.2) is 5.43 Å². The van der Waals surface area contributed by atoms with Crippen LogP contribution in [-0.4, -0.2) is 18.2 Å². The van der Waals surface area contributed by atoms with Crippen LogP contribution in [0.4, 0.5) is 0 Å². The van der Waals surface area contributed by atoms with E-state index in [0.29, 0.717) is 17.9 Å². The topological polar surface area (TPSA) is 59.9 Å². The molecule has 4 aromatic rings. The largest absolute Gasteiger partial charge is 0.479 e. The monoisotopic (exact) mass is 502 g/mol. The number of hydrazone groups is 1. The Labute approximate surface area is 201 Å². The van der Waals surface area contributed by atoms with E-state index in [9.17, 15) is 4.79 Å². The molecule has 0 aliphatic rings. The van der Waals surface area contributed by atoms with Gasteiger partial charge in [-0.05, 0) is 69.0 Å². The molecule has 4 aromatic carbocycles. The summed E-state index contributed by atoms with van der Waals surface area (Å²) in [6.45, 7) is 1.90. The first-order valence-electron chi connectivity index (χ1n) is 10.6. The lowest BCUT2D eigenvalue weighted by molar-refractivity contribution is -0.128. The van der Waals surface area contributed by atoms with Gasteiger partial charge in [0.15, 0.2) is 6.10 Å². The quantitative estimate of drug-likeness (QED) is 0.215. The highest BCUT2D eigenvalue weighted by atomic mass is 79.9. The molecule has 0 aliphatic heterocycles. The van der Waals surface area contributed by atoms with Crippen LogP contribution >= 0.6 is 15.9 Å². The highest BCUT2D eigenvalue weighted by molar-refractivity contribution is 9.10. The number of fused-ring (bicyclic) bond motifs is 1. The molecule has 5 nitrogen and oxygen atoms in total. The third kappa shape index (κ3) is 5.79. The van der Waals surface area contributed by atoms with Crippen molar-refractivity contribution >= 4 is 38.8 Å². The van der Waals surface area contributed by atoms with Crippen LogP contribution in [0, 0.1) is 0 Å². The van der Waals surface area contributed by atoms with Gasteiger partial charge in [-0.1, -0.05) is 67.6 Å². The fourth-order valence-electron chi connectivity index (χ4n) is 3.31. The maximum absolute atomic E-state index is 12.7. The lowest BCUT2D eigenvalue weighted by Crippen LogP contribution is -2.35. The molecule has 1 amide bonds. The fraction of sp³-hybridized carbons (Fsp3) is 0.111. The summed E-state index contributed by atoms with van der Waals surface area (Å²) in [5, 5.41) is 6.22. The van der Waals surface area contributed by atoms with Crippen LogP contribution in [0.15, 0.2) is 101 Å². The number of rotatable bonds is 8. The maximum Gasteiger partial charge on any atom is 0.281 e. The molecule has 4 rings (SSSR count). The molecule has 0 saturated heterocycles. The molecule has 0 radical (unpaired) electrons. The van der Waals surface area contributed by atoms with Gasteiger partial charge < -0.3 is 9.47 Å². The number of nitrogens with one attached hydrogen (secondary N) is 1. The van der Waals surface area contributed by atoms with Gasteiger partial charge in [0, 0.05) is 0 Å². The Morgan fingerprint density at radius 1 is 0.970 bits per heavy atom. The minimum atomic E-state index is -0.674. The summed E-state index contributed by atoms with van der Waals surface area (Å²) >= 11 is 3.60. The molecular weight excluding hydrogens is 480 g/mol. The lowest BCUT2D eigenvalue weighted by atomic mass is 10.1. The van der Waals surface area contributed by atoms with Gasteiger partial charge in [0.25, 0.3) is 5.91 Å². The molecule has 0 unspecified atom stereocenters. The molecular formula is C27H23BrN2O3. The SMILES string of the molecule is CC[C@H](Oc1ccc2ccccc2c1Br)C(=O)NN=Cc1cccc(Oc2ccccc2)c1. The van der Waals surface area contributed by atoms with Crippen molar-refractivity contribution in [1.82, 2.24) is 5.43 Å². The van der Waals surface area contributed by atoms with Gasteiger partial charge in [0.1, 0.15) is 17.2 Å². The molecule has 0 aliphatic carbocycles. The summed E-state index contributed by atoms with van der Waals surface area (Å²) in [4.78, 5) is 12.7. The minimum Gasteiger partial charge on any atom is -0.479 e. The van der Waals surface area contributed by atoms with Crippen LogP contribution in [0.2, 0.25) is 0 Å². The van der Waals surface area contributed by atoms with Crippen molar-refractivity contribution in [2.45, 2.75) is 19.4 Å². The Balaban J connectivity index is 1.39. The lowest BCUT2D eigenvalue weighted by Gasteiger charge is -2.17. The first-order valence-corrected chi connectivity index (χ1v) is 11.4. The maximum atomic E-state index is 12.7. The molecule has 0 saturated carbocycles. The molecule has 33 heavy (non-hydrogen) atoms. The molecule has 1 atom stereocenters. The number of carbonyl (C=O) groups excluding carboxylic acids is 1. The molecule has 6 heteroatoms. The van der Waals surface area contributed by atoms with Crippen molar-refractivity contribution < 1.29 is 14.3 Å². The van der Waals surface area contributed by atoms with Crippen molar-refractivity contribution in [1.29, 1.82) is 0 Å². The average Bonchev–Trinajstić information content (AvgIpc) is 2.85. The number of hydrogen-bond donors (Lipinski definition) is 1. The second-order valence-corrected chi connectivity index (χ2v) is 8.13. The molecule has 1 N–H and O–H groups in total. The number of benzene rings is 4. The van der Waals surface area contributed by atoms with E-state index in [0.717, 1.165) is 26.6 Å². The fourth-order valence-corrected chi connectivity index (χ4v) is 3.89. The summed E-state index contributed by atoms with van der Waals surface area (Å²) < 4.78 is 12.7. The number of nitrogens with zero attached hydrogens (tertiary/aromatic N) is 1. The number of hydrogen-bond acceptors (Lipinski definition) is 4. The summed E-state index contributed by atoms with van der Waals surface area (Å²) in [5.41, 5.74) is 3.38. The van der Waals surface area contributed by atoms with Gasteiger partial charge in [0.05, 0.1) is 10.7 Å². The average molecular weight is 503 g/mol. The van der Waals surface area contributed by atoms with Crippen LogP contribution in [0.1, 0.15) is 18.9 Å². The van der Waals surface area contributed by atoms with E-state index in [1.54, 1.807) is 6.21 Å². The molecule has 166 valence electrons. The predicted octanol–water partition coefficient (Wildman–Crippen LogP) is 6.70. The van der Waals surface area contributed by atoms with Gasteiger partial charge >= 0.3 is 0 Å². The predicted molar refractivity (Wildman–Crippen MR) is 135 cm³/mol. The van der Waals surface area contributed by atoms with Crippen LogP contribution in [0.5, 0.6) is 17.2 Å². The zero-order valence-electron chi connectivity index (χ0n) is 18.1. The van der Waals surface area contributed by atoms with Gasteiger partial charge in [-0.2, -0.15) is 5.10 Å². The van der Waals surface area contributed by atoms with Crippen LogP contribution in [0.25, 0.3) is 10.8 Å². The second kappa shape index (κ2) is 10.8. The molecule has 0 aromatic heterocycles. The van der Waals surface area contributed by atoms with E-state index in [-0.39, 0.29) is 5.91 Å². The molecule has 0 spiro atoms. The molecule has 0 heterocycles. The van der Waals surface area contributed by atoms with Gasteiger partial charge in [-0.15, -0.1) is 0 Å². The summed E-state index contributed by atoms with van der Waals surface area (Å²) in [7, 11) is 0. The second-order valence-electron chi connectivity index (χ2n) is 7.34. The smallest absolute Gasteiger partial charge is 0.281 e. The van der Waals surface area contributed by atoms with Crippen LogP contribution in [0.3, 0.4) is 0 Å². The Hall–Kier alpha value is -3.64. The van der Waals surface area contributed by atoms with Crippen LogP contribution < -0.4 is 14.9 Å². The van der Waals surface area contributed by atoms with E-state index < -0.39 is 6.10 Å². The summed E-state index contributed by atoms with van der Waals surface area (Å²) in [6, 6.07) is 28.8. The van der Waals surface area contributed by atoms with Crippen molar-refractivity contribution in [2.24, 2.45) is 5.10 Å². The Morgan fingerprint density at radius 3 is 2.55 bits per heavy atom. The van der Waals surface area contributed by atoms with E-state index in [1.807, 2.05) is 97.9 Å². The van der Waals surface area contributed by atoms with Crippen LogP contribution in [-0.2, 0) is 4.79 Å². The number of ether oxygens (including phenoxy) is 2. The van der Waals surface area contributed by atoms with Crippen molar-refractivity contribution in [2.75, 3.05) is 0 Å². The zero-order valence-corrected chi connectivity index (χ0v) is 19.7. The first-order chi connectivity index (χ1) is 16.1. The number of halogens is 1.